The summed E-state index contributed by atoms with van der Waals surface area (Å²) in [6.07, 6.45) is 11.3. The molecule has 0 bridgehead atoms. The Hall–Kier alpha value is -1.84. The maximum absolute atomic E-state index is 4.35. The van der Waals surface area contributed by atoms with E-state index in [1.807, 2.05) is 11.1 Å². The Balaban J connectivity index is 1.80. The summed E-state index contributed by atoms with van der Waals surface area (Å²) in [5, 5.41) is 6.72. The minimum absolute atomic E-state index is 0.569. The van der Waals surface area contributed by atoms with Gasteiger partial charge in [-0.25, -0.2) is 4.98 Å². The van der Waals surface area contributed by atoms with E-state index in [2.05, 4.69) is 45.4 Å². The van der Waals surface area contributed by atoms with Gasteiger partial charge in [0.2, 0.25) is 0 Å². The van der Waals surface area contributed by atoms with E-state index in [-0.39, 0.29) is 0 Å². The zero-order valence-electron chi connectivity index (χ0n) is 11.9. The number of nitrogens with zero attached hydrogens (tertiary/aromatic N) is 4. The highest BCUT2D eigenvalue weighted by atomic mass is 15.7. The van der Waals surface area contributed by atoms with Crippen LogP contribution >= 0.6 is 0 Å². The van der Waals surface area contributed by atoms with Crippen molar-refractivity contribution < 1.29 is 0 Å². The first-order valence-corrected chi connectivity index (χ1v) is 7.59. The number of hydrogen-bond acceptors (Lipinski definition) is 3. The van der Waals surface area contributed by atoms with Crippen LogP contribution in [0.2, 0.25) is 0 Å². The normalized spacial score (nSPS) is 16.8. The van der Waals surface area contributed by atoms with Crippen LogP contribution in [0.1, 0.15) is 44.1 Å². The van der Waals surface area contributed by atoms with Gasteiger partial charge in [-0.05, 0) is 18.4 Å². The molecule has 1 fully saturated rings. The lowest BCUT2D eigenvalue weighted by molar-refractivity contribution is 0.399. The molecule has 0 N–H and O–H groups in total. The third kappa shape index (κ3) is 3.18. The molecule has 0 amide bonds. The topological polar surface area (TPSA) is 34.0 Å². The maximum atomic E-state index is 4.35. The third-order valence-corrected chi connectivity index (χ3v) is 4.10. The van der Waals surface area contributed by atoms with E-state index in [1.54, 1.807) is 6.33 Å². The van der Waals surface area contributed by atoms with Gasteiger partial charge >= 0.3 is 0 Å². The van der Waals surface area contributed by atoms with Crippen molar-refractivity contribution in [3.8, 4) is 0 Å². The molecule has 0 aliphatic heterocycles. The van der Waals surface area contributed by atoms with Gasteiger partial charge in [0.15, 0.2) is 0 Å². The predicted octanol–water partition coefficient (Wildman–Crippen LogP) is 3.14. The highest BCUT2D eigenvalue weighted by Crippen LogP contribution is 2.22. The van der Waals surface area contributed by atoms with E-state index < -0.39 is 0 Å². The van der Waals surface area contributed by atoms with E-state index in [9.17, 15) is 0 Å². The molecular weight excluding hydrogens is 248 g/mol. The molecule has 20 heavy (non-hydrogen) atoms. The zero-order chi connectivity index (χ0) is 13.6. The van der Waals surface area contributed by atoms with Crippen molar-refractivity contribution in [3.63, 3.8) is 0 Å². The van der Waals surface area contributed by atoms with Crippen LogP contribution in [0.4, 0.5) is 0 Å². The van der Waals surface area contributed by atoms with Crippen molar-refractivity contribution in [3.05, 3.63) is 48.5 Å². The van der Waals surface area contributed by atoms with Crippen LogP contribution < -0.4 is 5.01 Å². The second kappa shape index (κ2) is 6.55. The largest absolute Gasteiger partial charge is 0.288 e. The summed E-state index contributed by atoms with van der Waals surface area (Å²) in [4.78, 5) is 6.03. The first-order chi connectivity index (χ1) is 9.93. The Morgan fingerprint density at radius 2 is 1.80 bits per heavy atom. The maximum Gasteiger partial charge on any atom is 0.139 e. The summed E-state index contributed by atoms with van der Waals surface area (Å²) in [5.74, 6) is 0. The van der Waals surface area contributed by atoms with Crippen LogP contribution in [0.25, 0.3) is 0 Å². The minimum atomic E-state index is 0.569. The molecule has 1 aliphatic rings. The Kier molecular flexibility index (Phi) is 4.31. The van der Waals surface area contributed by atoms with Crippen molar-refractivity contribution in [2.75, 3.05) is 5.01 Å². The highest BCUT2D eigenvalue weighted by Gasteiger charge is 2.21. The molecule has 0 atom stereocenters. The van der Waals surface area contributed by atoms with Crippen molar-refractivity contribution in [1.82, 2.24) is 14.9 Å². The average molecular weight is 270 g/mol. The fraction of sp³-hybridized carbons (Fsp3) is 0.500. The van der Waals surface area contributed by atoms with Gasteiger partial charge in [-0.1, -0.05) is 56.0 Å². The minimum Gasteiger partial charge on any atom is -0.288 e. The molecule has 106 valence electrons. The van der Waals surface area contributed by atoms with Crippen molar-refractivity contribution in [2.24, 2.45) is 0 Å². The van der Waals surface area contributed by atoms with Gasteiger partial charge in [0.05, 0.1) is 6.54 Å². The zero-order valence-corrected chi connectivity index (χ0v) is 11.9. The molecule has 2 aromatic rings. The quantitative estimate of drug-likeness (QED) is 0.800. The molecule has 4 heteroatoms. The fourth-order valence-corrected chi connectivity index (χ4v) is 3.03. The van der Waals surface area contributed by atoms with E-state index in [0.717, 1.165) is 6.54 Å². The Morgan fingerprint density at radius 1 is 1.05 bits per heavy atom. The van der Waals surface area contributed by atoms with Crippen LogP contribution in [0.3, 0.4) is 0 Å². The smallest absolute Gasteiger partial charge is 0.139 e. The number of aromatic nitrogens is 3. The van der Waals surface area contributed by atoms with Gasteiger partial charge in [-0.15, -0.1) is 5.10 Å². The highest BCUT2D eigenvalue weighted by molar-refractivity contribution is 5.17. The Labute approximate surface area is 120 Å². The number of benzene rings is 1. The Bertz CT molecular complexity index is 486. The van der Waals surface area contributed by atoms with Gasteiger partial charge in [0, 0.05) is 6.04 Å². The molecule has 0 saturated heterocycles. The molecule has 1 aromatic carbocycles. The number of hydrogen-bond donors (Lipinski definition) is 0. The molecule has 0 radical (unpaired) electrons. The molecule has 1 saturated carbocycles. The third-order valence-electron chi connectivity index (χ3n) is 4.10. The van der Waals surface area contributed by atoms with Gasteiger partial charge in [-0.3, -0.25) is 5.01 Å². The van der Waals surface area contributed by atoms with Crippen molar-refractivity contribution in [2.45, 2.75) is 51.1 Å². The second-order valence-corrected chi connectivity index (χ2v) is 5.54. The summed E-state index contributed by atoms with van der Waals surface area (Å²) in [6, 6.07) is 11.2. The van der Waals surface area contributed by atoms with E-state index in [1.165, 1.54) is 44.1 Å². The van der Waals surface area contributed by atoms with Crippen LogP contribution in [-0.2, 0) is 6.54 Å². The average Bonchev–Trinajstić information content (AvgIpc) is 2.88. The Morgan fingerprint density at radius 3 is 2.45 bits per heavy atom. The predicted molar refractivity (Wildman–Crippen MR) is 79.9 cm³/mol. The second-order valence-electron chi connectivity index (χ2n) is 5.54. The summed E-state index contributed by atoms with van der Waals surface area (Å²) >= 11 is 0. The molecule has 0 unspecified atom stereocenters. The van der Waals surface area contributed by atoms with E-state index in [4.69, 9.17) is 0 Å². The lowest BCUT2D eigenvalue weighted by Crippen LogP contribution is -2.43. The van der Waals surface area contributed by atoms with Crippen molar-refractivity contribution >= 4 is 0 Å². The molecule has 1 heterocycles. The molecule has 4 nitrogen and oxygen atoms in total. The van der Waals surface area contributed by atoms with Crippen LogP contribution in [0, 0.1) is 0 Å². The molecule has 1 aromatic heterocycles. The van der Waals surface area contributed by atoms with Crippen molar-refractivity contribution in [1.29, 1.82) is 0 Å². The lowest BCUT2D eigenvalue weighted by atomic mass is 10.1. The lowest BCUT2D eigenvalue weighted by Gasteiger charge is -2.32. The monoisotopic (exact) mass is 270 g/mol. The summed E-state index contributed by atoms with van der Waals surface area (Å²) < 4.78 is 0. The summed E-state index contributed by atoms with van der Waals surface area (Å²) in [5.41, 5.74) is 1.33. The summed E-state index contributed by atoms with van der Waals surface area (Å²) in [7, 11) is 0. The molecular formula is C16H22N4. The van der Waals surface area contributed by atoms with Crippen LogP contribution in [0.15, 0.2) is 43.0 Å². The van der Waals surface area contributed by atoms with Gasteiger partial charge in [-0.2, -0.15) is 4.79 Å². The van der Waals surface area contributed by atoms with E-state index >= 15 is 0 Å². The van der Waals surface area contributed by atoms with Gasteiger partial charge in [0.1, 0.15) is 12.7 Å². The first kappa shape index (κ1) is 13.2. The van der Waals surface area contributed by atoms with E-state index in [0.29, 0.717) is 6.04 Å². The first-order valence-electron chi connectivity index (χ1n) is 7.59. The molecule has 0 spiro atoms. The molecule has 1 aliphatic carbocycles. The van der Waals surface area contributed by atoms with Crippen LogP contribution in [0.5, 0.6) is 0 Å². The van der Waals surface area contributed by atoms with Gasteiger partial charge < -0.3 is 0 Å². The van der Waals surface area contributed by atoms with Crippen LogP contribution in [-0.4, -0.2) is 20.9 Å². The van der Waals surface area contributed by atoms with Gasteiger partial charge in [0.25, 0.3) is 0 Å². The molecule has 3 rings (SSSR count). The standard InChI is InChI=1S/C16H22N4/c1-2-7-11-16(10-6-1)19(20-14-17-13-18-20)12-15-8-4-3-5-9-15/h3-5,8-9,13-14,16H,1-2,6-7,10-12H2. The fourth-order valence-electron chi connectivity index (χ4n) is 3.03. The summed E-state index contributed by atoms with van der Waals surface area (Å²) in [6.45, 7) is 0.898. The SMILES string of the molecule is c1ccc(CN(C2CCCCCC2)n2cncn2)cc1. The number of rotatable bonds is 4.